The Labute approximate surface area is 197 Å². The maximum Gasteiger partial charge on any atom is 0.252 e. The standard InChI is InChI=1S/C26H21BrF2N2O2/c27-20-8-3-15(9-21(20)29)13-31-22-12-23-19(11-18(22)16-4-5-16)25(26(30)32)24(33-23)10-14-1-6-17(28)7-2-14/h1-3,6-9,11-12,16,31H,4-5,10,13H2,(H2,30,32). The van der Waals surface area contributed by atoms with Crippen LogP contribution in [0.1, 0.15) is 51.6 Å². The Morgan fingerprint density at radius 1 is 1.06 bits per heavy atom. The van der Waals surface area contributed by atoms with Crippen molar-refractivity contribution in [2.45, 2.75) is 31.7 Å². The molecule has 1 saturated carbocycles. The van der Waals surface area contributed by atoms with Crippen molar-refractivity contribution in [3.63, 3.8) is 0 Å². The van der Waals surface area contributed by atoms with Crippen molar-refractivity contribution < 1.29 is 18.0 Å². The molecule has 1 amide bonds. The van der Waals surface area contributed by atoms with Crippen molar-refractivity contribution in [1.29, 1.82) is 0 Å². The minimum Gasteiger partial charge on any atom is -0.460 e. The van der Waals surface area contributed by atoms with Gasteiger partial charge in [-0.05, 0) is 81.7 Å². The van der Waals surface area contributed by atoms with Crippen LogP contribution in [0.25, 0.3) is 11.0 Å². The number of nitrogens with two attached hydrogens (primary N) is 1. The summed E-state index contributed by atoms with van der Waals surface area (Å²) in [6.45, 7) is 0.446. The highest BCUT2D eigenvalue weighted by Crippen LogP contribution is 2.46. The second kappa shape index (κ2) is 8.63. The monoisotopic (exact) mass is 510 g/mol. The van der Waals surface area contributed by atoms with Gasteiger partial charge in [0.05, 0.1) is 10.0 Å². The number of fused-ring (bicyclic) bond motifs is 1. The Balaban J connectivity index is 1.52. The van der Waals surface area contributed by atoms with Crippen LogP contribution in [0.2, 0.25) is 0 Å². The van der Waals surface area contributed by atoms with E-state index in [1.54, 1.807) is 18.2 Å². The van der Waals surface area contributed by atoms with E-state index in [1.165, 1.54) is 18.2 Å². The summed E-state index contributed by atoms with van der Waals surface area (Å²) in [6, 6.07) is 15.0. The Morgan fingerprint density at radius 2 is 1.79 bits per heavy atom. The molecule has 1 aromatic heterocycles. The average Bonchev–Trinajstić information content (AvgIpc) is 3.56. The number of rotatable bonds is 7. The lowest BCUT2D eigenvalue weighted by atomic mass is 10.0. The van der Waals surface area contributed by atoms with E-state index in [1.807, 2.05) is 18.2 Å². The fraction of sp³-hybridized carbons (Fsp3) is 0.192. The molecule has 1 fully saturated rings. The number of anilines is 1. The molecule has 0 aliphatic heterocycles. The highest BCUT2D eigenvalue weighted by atomic mass is 79.9. The molecule has 0 radical (unpaired) electrons. The van der Waals surface area contributed by atoms with Crippen LogP contribution in [0.5, 0.6) is 0 Å². The summed E-state index contributed by atoms with van der Waals surface area (Å²) in [5, 5.41) is 4.09. The Morgan fingerprint density at radius 3 is 2.45 bits per heavy atom. The lowest BCUT2D eigenvalue weighted by molar-refractivity contribution is 0.1000. The van der Waals surface area contributed by atoms with Gasteiger partial charge in [-0.3, -0.25) is 4.79 Å². The molecule has 4 nitrogen and oxygen atoms in total. The number of furan rings is 1. The fourth-order valence-electron chi connectivity index (χ4n) is 4.12. The summed E-state index contributed by atoms with van der Waals surface area (Å²) < 4.78 is 33.7. The summed E-state index contributed by atoms with van der Waals surface area (Å²) in [4.78, 5) is 12.3. The number of amides is 1. The normalized spacial score (nSPS) is 13.4. The first-order valence-electron chi connectivity index (χ1n) is 10.7. The summed E-state index contributed by atoms with van der Waals surface area (Å²) in [7, 11) is 0. The second-order valence-electron chi connectivity index (χ2n) is 8.38. The van der Waals surface area contributed by atoms with Crippen LogP contribution >= 0.6 is 15.9 Å². The largest absolute Gasteiger partial charge is 0.460 e. The molecular formula is C26H21BrF2N2O2. The molecule has 3 aromatic carbocycles. The molecule has 0 saturated heterocycles. The summed E-state index contributed by atoms with van der Waals surface area (Å²) in [5.41, 5.74) is 10.3. The van der Waals surface area contributed by atoms with Gasteiger partial charge < -0.3 is 15.5 Å². The van der Waals surface area contributed by atoms with Crippen molar-refractivity contribution in [2.24, 2.45) is 5.73 Å². The van der Waals surface area contributed by atoms with Crippen LogP contribution in [-0.4, -0.2) is 5.91 Å². The van der Waals surface area contributed by atoms with Gasteiger partial charge in [-0.1, -0.05) is 18.2 Å². The van der Waals surface area contributed by atoms with E-state index in [2.05, 4.69) is 21.2 Å². The van der Waals surface area contributed by atoms with E-state index in [0.29, 0.717) is 45.6 Å². The third kappa shape index (κ3) is 4.50. The van der Waals surface area contributed by atoms with Crippen LogP contribution in [0.4, 0.5) is 14.5 Å². The van der Waals surface area contributed by atoms with Crippen molar-refractivity contribution in [2.75, 3.05) is 5.32 Å². The van der Waals surface area contributed by atoms with E-state index in [-0.39, 0.29) is 11.6 Å². The predicted octanol–water partition coefficient (Wildman–Crippen LogP) is 6.65. The molecule has 3 N–H and O–H groups in total. The highest BCUT2D eigenvalue weighted by molar-refractivity contribution is 9.10. The summed E-state index contributed by atoms with van der Waals surface area (Å²) >= 11 is 3.18. The zero-order chi connectivity index (χ0) is 23.1. The molecule has 33 heavy (non-hydrogen) atoms. The number of benzene rings is 3. The molecule has 7 heteroatoms. The number of nitrogens with one attached hydrogen (secondary N) is 1. The topological polar surface area (TPSA) is 68.3 Å². The molecule has 0 atom stereocenters. The van der Waals surface area contributed by atoms with Crippen LogP contribution in [-0.2, 0) is 13.0 Å². The number of halogens is 3. The molecule has 1 aliphatic carbocycles. The first-order chi connectivity index (χ1) is 15.9. The third-order valence-corrected chi connectivity index (χ3v) is 6.58. The van der Waals surface area contributed by atoms with E-state index < -0.39 is 5.91 Å². The highest BCUT2D eigenvalue weighted by Gasteiger charge is 2.29. The molecule has 0 bridgehead atoms. The Bertz CT molecular complexity index is 1360. The van der Waals surface area contributed by atoms with Gasteiger partial charge in [-0.2, -0.15) is 0 Å². The van der Waals surface area contributed by atoms with Gasteiger partial charge in [0, 0.05) is 30.1 Å². The maximum atomic E-state index is 13.9. The molecule has 5 rings (SSSR count). The van der Waals surface area contributed by atoms with E-state index >= 15 is 0 Å². The molecule has 168 valence electrons. The summed E-state index contributed by atoms with van der Waals surface area (Å²) in [6.07, 6.45) is 2.46. The van der Waals surface area contributed by atoms with E-state index in [4.69, 9.17) is 10.2 Å². The van der Waals surface area contributed by atoms with Crippen molar-refractivity contribution >= 4 is 38.5 Å². The lowest BCUT2D eigenvalue weighted by Gasteiger charge is -2.12. The molecule has 0 unspecified atom stereocenters. The number of carbonyl (C=O) groups excluding carboxylic acids is 1. The average molecular weight is 511 g/mol. The number of hydrogen-bond donors (Lipinski definition) is 2. The molecule has 1 aliphatic rings. The van der Waals surface area contributed by atoms with Gasteiger partial charge >= 0.3 is 0 Å². The zero-order valence-electron chi connectivity index (χ0n) is 17.6. The van der Waals surface area contributed by atoms with Crippen molar-refractivity contribution in [3.05, 3.63) is 98.7 Å². The Kier molecular flexibility index (Phi) is 5.66. The second-order valence-corrected chi connectivity index (χ2v) is 9.23. The Hall–Kier alpha value is -3.19. The van der Waals surface area contributed by atoms with Gasteiger partial charge in [0.2, 0.25) is 0 Å². The number of hydrogen-bond acceptors (Lipinski definition) is 3. The van der Waals surface area contributed by atoms with Crippen molar-refractivity contribution in [1.82, 2.24) is 0 Å². The van der Waals surface area contributed by atoms with Crippen LogP contribution < -0.4 is 11.1 Å². The van der Waals surface area contributed by atoms with Gasteiger partial charge in [-0.15, -0.1) is 0 Å². The van der Waals surface area contributed by atoms with Gasteiger partial charge in [0.1, 0.15) is 23.0 Å². The van der Waals surface area contributed by atoms with Crippen molar-refractivity contribution in [3.8, 4) is 0 Å². The lowest BCUT2D eigenvalue weighted by Crippen LogP contribution is -2.13. The first-order valence-corrected chi connectivity index (χ1v) is 11.5. The quantitative estimate of drug-likeness (QED) is 0.292. The van der Waals surface area contributed by atoms with Gasteiger partial charge in [0.15, 0.2) is 0 Å². The number of primary amides is 1. The SMILES string of the molecule is NC(=O)c1c(Cc2ccc(F)cc2)oc2cc(NCc3ccc(Br)c(F)c3)c(C3CC3)cc12. The molecular weight excluding hydrogens is 490 g/mol. The predicted molar refractivity (Wildman–Crippen MR) is 127 cm³/mol. The third-order valence-electron chi connectivity index (χ3n) is 5.94. The summed E-state index contributed by atoms with van der Waals surface area (Å²) in [5.74, 6) is -0.338. The van der Waals surface area contributed by atoms with Crippen LogP contribution in [0.3, 0.4) is 0 Å². The smallest absolute Gasteiger partial charge is 0.252 e. The minimum absolute atomic E-state index is 0.310. The van der Waals surface area contributed by atoms with E-state index in [9.17, 15) is 13.6 Å². The van der Waals surface area contributed by atoms with Crippen LogP contribution in [0.15, 0.2) is 63.5 Å². The first kappa shape index (κ1) is 21.6. The molecule has 1 heterocycles. The van der Waals surface area contributed by atoms with Gasteiger partial charge in [-0.25, -0.2) is 8.78 Å². The van der Waals surface area contributed by atoms with Gasteiger partial charge in [0.25, 0.3) is 5.91 Å². The molecule has 0 spiro atoms. The molecule has 4 aromatic rings. The van der Waals surface area contributed by atoms with Crippen LogP contribution in [0, 0.1) is 11.6 Å². The maximum absolute atomic E-state index is 13.9. The number of carbonyl (C=O) groups is 1. The minimum atomic E-state index is -0.557. The zero-order valence-corrected chi connectivity index (χ0v) is 19.2. The fourth-order valence-corrected chi connectivity index (χ4v) is 4.37. The van der Waals surface area contributed by atoms with E-state index in [0.717, 1.165) is 35.2 Å².